The van der Waals surface area contributed by atoms with E-state index in [1.165, 1.54) is 6.08 Å². The predicted molar refractivity (Wildman–Crippen MR) is 181 cm³/mol. The molecule has 3 aliphatic rings. The number of likely N-dealkylation sites (tertiary alicyclic amines) is 1. The number of thiophene rings is 1. The summed E-state index contributed by atoms with van der Waals surface area (Å²) >= 11 is 0.676. The fraction of sp³-hybridized carbons (Fsp3) is 0.429. The van der Waals surface area contributed by atoms with Crippen LogP contribution >= 0.6 is 11.3 Å². The summed E-state index contributed by atoms with van der Waals surface area (Å²) in [5.74, 6) is -2.56. The minimum atomic E-state index is -5.13. The van der Waals surface area contributed by atoms with Gasteiger partial charge in [0.2, 0.25) is 5.91 Å². The first kappa shape index (κ1) is 34.8. The Morgan fingerprint density at radius 3 is 2.76 bits per heavy atom. The summed E-state index contributed by atoms with van der Waals surface area (Å²) in [5, 5.41) is 9.20. The largest absolute Gasteiger partial charge is 0.461 e. The quantitative estimate of drug-likeness (QED) is 0.155. The van der Waals surface area contributed by atoms with Crippen molar-refractivity contribution in [2.24, 2.45) is 0 Å². The third kappa shape index (κ3) is 5.80. The molecule has 3 fully saturated rings. The zero-order valence-corrected chi connectivity index (χ0v) is 28.3. The number of ether oxygens (including phenoxy) is 1. The summed E-state index contributed by atoms with van der Waals surface area (Å²) in [6.45, 7) is 7.00. The van der Waals surface area contributed by atoms with Crippen molar-refractivity contribution in [2.45, 2.75) is 56.5 Å². The molecule has 268 valence electrons. The summed E-state index contributed by atoms with van der Waals surface area (Å²) in [6.07, 6.45) is -2.85. The van der Waals surface area contributed by atoms with E-state index in [1.807, 2.05) is 11.0 Å². The van der Waals surface area contributed by atoms with Gasteiger partial charge in [0.05, 0.1) is 21.4 Å². The number of carbonyl (C=O) groups excluding carboxylic acids is 1. The van der Waals surface area contributed by atoms with Crippen molar-refractivity contribution in [3.8, 4) is 23.2 Å². The molecule has 4 aromatic rings. The van der Waals surface area contributed by atoms with Crippen LogP contribution in [0.3, 0.4) is 0 Å². The molecular weight excluding hydrogens is 696 g/mol. The molecule has 0 saturated carbocycles. The van der Waals surface area contributed by atoms with Crippen molar-refractivity contribution in [1.82, 2.24) is 19.8 Å². The number of benzene rings is 2. The van der Waals surface area contributed by atoms with Crippen LogP contribution in [0, 0.1) is 23.0 Å². The van der Waals surface area contributed by atoms with Gasteiger partial charge in [-0.25, -0.2) is 13.2 Å². The molecule has 3 saturated heterocycles. The summed E-state index contributed by atoms with van der Waals surface area (Å²) < 4.78 is 97.7. The molecule has 0 bridgehead atoms. The van der Waals surface area contributed by atoms with Gasteiger partial charge in [-0.05, 0) is 56.5 Å². The van der Waals surface area contributed by atoms with Gasteiger partial charge >= 0.3 is 12.2 Å². The molecular formula is C35H33F6N7O2S. The Balaban J connectivity index is 1.45. The molecule has 3 aliphatic heterocycles. The first-order chi connectivity index (χ1) is 24.3. The topological polar surface area (TPSA) is 112 Å². The van der Waals surface area contributed by atoms with E-state index in [4.69, 9.17) is 10.5 Å². The molecule has 51 heavy (non-hydrogen) atoms. The van der Waals surface area contributed by atoms with Gasteiger partial charge in [-0.3, -0.25) is 9.69 Å². The standard InChI is InChI=1S/C35H33F6N7O2S/c1-3-25(49)46-11-8-19(16-46)48(4-2)32-21-12-23(35(39,40)41)27(20-6-7-24(37)30-26(20)22(14-42)31(43)51-30)28(38)29(21)44-33(45-32)50-17-34-9-5-10-47(34)15-18(36)13-34/h3,6-7,12,18-19H,1,4-5,8-11,13,15-17,43H2,2H3/t18-,19-,34+/m1/s1. The normalized spacial score (nSPS) is 22.1. The maximum Gasteiger partial charge on any atom is 0.417 e. The third-order valence-corrected chi connectivity index (χ3v) is 11.4. The Bertz CT molecular complexity index is 2120. The number of carbonyl (C=O) groups is 1. The zero-order valence-electron chi connectivity index (χ0n) is 27.5. The van der Waals surface area contributed by atoms with Gasteiger partial charge < -0.3 is 20.3 Å². The number of likely N-dealkylation sites (N-methyl/N-ethyl adjacent to an activating group) is 1. The van der Waals surface area contributed by atoms with Gasteiger partial charge in [-0.2, -0.15) is 28.4 Å². The highest BCUT2D eigenvalue weighted by Crippen LogP contribution is 2.48. The SMILES string of the molecule is C=CC(=O)N1CC[C@@H](N(CC)c2nc(OC[C@@]34CCCN3C[C@H](F)C4)nc3c(F)c(-c4ccc(F)c5sc(N)c(C#N)c45)c(C(F)(F)F)cc23)C1. The fourth-order valence-electron chi connectivity index (χ4n) is 8.02. The van der Waals surface area contributed by atoms with E-state index < -0.39 is 52.2 Å². The fourth-order valence-corrected chi connectivity index (χ4v) is 8.97. The van der Waals surface area contributed by atoms with Crippen LogP contribution in [0.5, 0.6) is 6.01 Å². The third-order valence-electron chi connectivity index (χ3n) is 10.3. The molecule has 9 nitrogen and oxygen atoms in total. The monoisotopic (exact) mass is 729 g/mol. The first-order valence-electron chi connectivity index (χ1n) is 16.5. The highest BCUT2D eigenvalue weighted by atomic mass is 32.1. The Labute approximate surface area is 292 Å². The Hall–Kier alpha value is -4.62. The number of nitrogens with zero attached hydrogens (tertiary/aromatic N) is 6. The number of nitrogens with two attached hydrogens (primary N) is 1. The second kappa shape index (κ2) is 12.9. The van der Waals surface area contributed by atoms with Gasteiger partial charge in [0.25, 0.3) is 0 Å². The van der Waals surface area contributed by atoms with Crippen LogP contribution in [0.2, 0.25) is 0 Å². The summed E-state index contributed by atoms with van der Waals surface area (Å²) in [5.41, 5.74) is 1.85. The van der Waals surface area contributed by atoms with Crippen molar-refractivity contribution < 1.29 is 35.9 Å². The molecule has 5 heterocycles. The number of hydrogen-bond donors (Lipinski definition) is 1. The Morgan fingerprint density at radius 1 is 1.27 bits per heavy atom. The molecule has 2 aromatic carbocycles. The minimum absolute atomic E-state index is 0.0249. The Kier molecular flexibility index (Phi) is 8.78. The first-order valence-corrected chi connectivity index (χ1v) is 17.3. The second-order valence-corrected chi connectivity index (χ2v) is 14.2. The molecule has 16 heteroatoms. The average molecular weight is 730 g/mol. The lowest BCUT2D eigenvalue weighted by molar-refractivity contribution is -0.137. The number of nitrogen functional groups attached to an aromatic ring is 1. The molecule has 3 atom stereocenters. The minimum Gasteiger partial charge on any atom is -0.461 e. The van der Waals surface area contributed by atoms with Crippen molar-refractivity contribution in [2.75, 3.05) is 50.0 Å². The van der Waals surface area contributed by atoms with E-state index in [9.17, 15) is 18.8 Å². The molecule has 2 aromatic heterocycles. The number of nitriles is 1. The highest BCUT2D eigenvalue weighted by molar-refractivity contribution is 7.23. The van der Waals surface area contributed by atoms with Crippen LogP contribution in [-0.2, 0) is 11.0 Å². The van der Waals surface area contributed by atoms with Crippen molar-refractivity contribution >= 4 is 49.1 Å². The molecule has 0 aliphatic carbocycles. The number of hydrogen-bond acceptors (Lipinski definition) is 9. The van der Waals surface area contributed by atoms with Crippen LogP contribution in [0.25, 0.3) is 32.1 Å². The van der Waals surface area contributed by atoms with Gasteiger partial charge in [-0.15, -0.1) is 11.3 Å². The number of fused-ring (bicyclic) bond motifs is 3. The van der Waals surface area contributed by atoms with E-state index in [0.29, 0.717) is 37.3 Å². The average Bonchev–Trinajstić information content (AvgIpc) is 3.87. The lowest BCUT2D eigenvalue weighted by Gasteiger charge is -2.32. The zero-order chi connectivity index (χ0) is 36.4. The van der Waals surface area contributed by atoms with E-state index in [-0.39, 0.29) is 82.0 Å². The maximum absolute atomic E-state index is 17.2. The van der Waals surface area contributed by atoms with Crippen molar-refractivity contribution in [1.29, 1.82) is 5.26 Å². The second-order valence-electron chi connectivity index (χ2n) is 13.2. The molecule has 1 amide bonds. The number of amides is 1. The lowest BCUT2D eigenvalue weighted by Crippen LogP contribution is -2.43. The van der Waals surface area contributed by atoms with Gasteiger partial charge in [0.15, 0.2) is 5.82 Å². The van der Waals surface area contributed by atoms with Crippen LogP contribution < -0.4 is 15.4 Å². The number of alkyl halides is 4. The van der Waals surface area contributed by atoms with E-state index in [1.54, 1.807) is 16.7 Å². The molecule has 0 unspecified atom stereocenters. The summed E-state index contributed by atoms with van der Waals surface area (Å²) in [4.78, 5) is 26.6. The Morgan fingerprint density at radius 2 is 2.06 bits per heavy atom. The predicted octanol–water partition coefficient (Wildman–Crippen LogP) is 6.83. The van der Waals surface area contributed by atoms with Crippen molar-refractivity contribution in [3.63, 3.8) is 0 Å². The highest BCUT2D eigenvalue weighted by Gasteiger charge is 2.49. The van der Waals surface area contributed by atoms with Crippen LogP contribution in [0.4, 0.5) is 37.2 Å². The van der Waals surface area contributed by atoms with E-state index in [0.717, 1.165) is 24.6 Å². The van der Waals surface area contributed by atoms with E-state index >= 15 is 17.6 Å². The smallest absolute Gasteiger partial charge is 0.417 e. The van der Waals surface area contributed by atoms with E-state index in [2.05, 4.69) is 16.5 Å². The number of halogens is 6. The summed E-state index contributed by atoms with van der Waals surface area (Å²) in [6, 6.07) is 3.75. The molecule has 0 radical (unpaired) electrons. The molecule has 0 spiro atoms. The van der Waals surface area contributed by atoms with Gasteiger partial charge in [0.1, 0.15) is 41.0 Å². The maximum atomic E-state index is 17.2. The molecule has 7 rings (SSSR count). The van der Waals surface area contributed by atoms with Crippen LogP contribution in [-0.4, -0.2) is 82.8 Å². The number of anilines is 2. The van der Waals surface area contributed by atoms with Crippen molar-refractivity contribution in [3.05, 3.63) is 53.6 Å². The van der Waals surface area contributed by atoms with Gasteiger partial charge in [0, 0.05) is 55.0 Å². The van der Waals surface area contributed by atoms with Crippen LogP contribution in [0.1, 0.15) is 43.7 Å². The van der Waals surface area contributed by atoms with Crippen LogP contribution in [0.15, 0.2) is 30.9 Å². The number of rotatable bonds is 8. The van der Waals surface area contributed by atoms with Gasteiger partial charge in [-0.1, -0.05) is 12.6 Å². The molecule has 2 N–H and O–H groups in total. The number of aromatic nitrogens is 2. The lowest BCUT2D eigenvalue weighted by atomic mass is 9.92. The summed E-state index contributed by atoms with van der Waals surface area (Å²) in [7, 11) is 0.